The van der Waals surface area contributed by atoms with Gasteiger partial charge in [-0.05, 0) is 53.9 Å². The van der Waals surface area contributed by atoms with Crippen molar-refractivity contribution < 1.29 is 19.0 Å². The molecule has 2 aromatic rings. The van der Waals surface area contributed by atoms with Crippen molar-refractivity contribution in [2.45, 2.75) is 70.9 Å². The van der Waals surface area contributed by atoms with Crippen LogP contribution < -0.4 is 0 Å². The number of aliphatic hydroxyl groups excluding tert-OH is 1. The number of aromatic nitrogens is 1. The molecule has 2 unspecified atom stereocenters. The fraction of sp³-hybridized carbons (Fsp3) is 0.522. The van der Waals surface area contributed by atoms with Gasteiger partial charge in [0, 0.05) is 38.2 Å². The minimum absolute atomic E-state index is 0.0821. The summed E-state index contributed by atoms with van der Waals surface area (Å²) in [6.07, 6.45) is 0.329. The van der Waals surface area contributed by atoms with Gasteiger partial charge in [0.2, 0.25) is 0 Å². The molecule has 1 fully saturated rings. The van der Waals surface area contributed by atoms with Crippen LogP contribution in [0.4, 0.5) is 4.39 Å². The molecule has 1 aromatic carbocycles. The lowest BCUT2D eigenvalue weighted by molar-refractivity contribution is -0.160. The van der Waals surface area contributed by atoms with Crippen molar-refractivity contribution in [1.82, 2.24) is 9.47 Å². The Bertz CT molecular complexity index is 904. The molecule has 5 nitrogen and oxygen atoms in total. The standard InChI is InChI=1S/C23H29FN2O3/c1-14(2)22-19-12-25(3)13-20(19)23(15-4-6-16(24)7-5-15)26(22)9-8-18-10-17(27)11-21(28)29-18/h4-7,14,17-18,27H,8-13H2,1-3H3. The Morgan fingerprint density at radius 3 is 2.55 bits per heavy atom. The molecule has 156 valence electrons. The van der Waals surface area contributed by atoms with E-state index in [0.29, 0.717) is 25.3 Å². The second-order valence-corrected chi connectivity index (χ2v) is 8.67. The van der Waals surface area contributed by atoms with Crippen molar-refractivity contribution in [2.24, 2.45) is 0 Å². The number of fused-ring (bicyclic) bond motifs is 1. The first-order chi connectivity index (χ1) is 13.8. The molecule has 1 saturated heterocycles. The summed E-state index contributed by atoms with van der Waals surface area (Å²) in [6, 6.07) is 6.70. The van der Waals surface area contributed by atoms with Crippen LogP contribution in [0, 0.1) is 5.82 Å². The molecule has 29 heavy (non-hydrogen) atoms. The van der Waals surface area contributed by atoms with Crippen LogP contribution in [0.2, 0.25) is 0 Å². The van der Waals surface area contributed by atoms with Crippen LogP contribution in [0.3, 0.4) is 0 Å². The Morgan fingerprint density at radius 1 is 1.21 bits per heavy atom. The van der Waals surface area contributed by atoms with Crippen LogP contribution in [-0.2, 0) is 29.2 Å². The number of esters is 1. The van der Waals surface area contributed by atoms with Gasteiger partial charge >= 0.3 is 5.97 Å². The van der Waals surface area contributed by atoms with Crippen molar-refractivity contribution in [3.05, 3.63) is 46.9 Å². The Balaban J connectivity index is 1.72. The number of carbonyl (C=O) groups is 1. The molecule has 3 heterocycles. The SMILES string of the molecule is CC(C)c1c2c(c(-c3ccc(F)cc3)n1CCC1CC(O)CC(=O)O1)CN(C)C2. The first-order valence-corrected chi connectivity index (χ1v) is 10.4. The van der Waals surface area contributed by atoms with Gasteiger partial charge < -0.3 is 14.4 Å². The van der Waals surface area contributed by atoms with Crippen LogP contribution in [-0.4, -0.2) is 39.8 Å². The smallest absolute Gasteiger partial charge is 0.308 e. The third-order valence-electron chi connectivity index (χ3n) is 5.95. The molecule has 1 aromatic heterocycles. The lowest BCUT2D eigenvalue weighted by Crippen LogP contribution is -2.33. The minimum Gasteiger partial charge on any atom is -0.462 e. The largest absolute Gasteiger partial charge is 0.462 e. The quantitative estimate of drug-likeness (QED) is 0.776. The van der Waals surface area contributed by atoms with Crippen molar-refractivity contribution in [1.29, 1.82) is 0 Å². The number of rotatable bonds is 5. The molecule has 0 amide bonds. The monoisotopic (exact) mass is 400 g/mol. The number of hydrogen-bond acceptors (Lipinski definition) is 4. The molecule has 1 N–H and O–H groups in total. The van der Waals surface area contributed by atoms with Gasteiger partial charge in [-0.25, -0.2) is 4.39 Å². The number of nitrogens with zero attached hydrogens (tertiary/aromatic N) is 2. The van der Waals surface area contributed by atoms with Crippen LogP contribution in [0.1, 0.15) is 55.8 Å². The van der Waals surface area contributed by atoms with Crippen molar-refractivity contribution >= 4 is 5.97 Å². The molecule has 0 bridgehead atoms. The normalized spacial score (nSPS) is 22.2. The summed E-state index contributed by atoms with van der Waals surface area (Å²) in [6.45, 7) is 6.86. The average molecular weight is 400 g/mol. The zero-order chi connectivity index (χ0) is 20.7. The summed E-state index contributed by atoms with van der Waals surface area (Å²) in [5.41, 5.74) is 6.11. The van der Waals surface area contributed by atoms with Gasteiger partial charge in [0.1, 0.15) is 11.9 Å². The van der Waals surface area contributed by atoms with Crippen LogP contribution in [0.25, 0.3) is 11.3 Å². The summed E-state index contributed by atoms with van der Waals surface area (Å²) in [4.78, 5) is 14.0. The third-order valence-corrected chi connectivity index (χ3v) is 5.95. The molecule has 6 heteroatoms. The molecular weight excluding hydrogens is 371 g/mol. The number of ether oxygens (including phenoxy) is 1. The van der Waals surface area contributed by atoms with Crippen molar-refractivity contribution in [2.75, 3.05) is 7.05 Å². The first kappa shape index (κ1) is 20.1. The molecule has 0 spiro atoms. The molecule has 0 radical (unpaired) electrons. The highest BCUT2D eigenvalue weighted by Crippen LogP contribution is 2.40. The molecule has 2 atom stereocenters. The molecule has 2 aliphatic heterocycles. The van der Waals surface area contributed by atoms with Gasteiger partial charge in [0.25, 0.3) is 0 Å². The zero-order valence-electron chi connectivity index (χ0n) is 17.3. The van der Waals surface area contributed by atoms with E-state index in [-0.39, 0.29) is 24.3 Å². The zero-order valence-corrected chi connectivity index (χ0v) is 17.3. The lowest BCUT2D eigenvalue weighted by atomic mass is 10.0. The maximum absolute atomic E-state index is 13.5. The highest BCUT2D eigenvalue weighted by Gasteiger charge is 2.32. The van der Waals surface area contributed by atoms with E-state index in [0.717, 1.165) is 24.3 Å². The van der Waals surface area contributed by atoms with Crippen molar-refractivity contribution in [3.63, 3.8) is 0 Å². The average Bonchev–Trinajstić information content (AvgIpc) is 3.14. The predicted molar refractivity (Wildman–Crippen MR) is 109 cm³/mol. The predicted octanol–water partition coefficient (Wildman–Crippen LogP) is 3.82. The summed E-state index contributed by atoms with van der Waals surface area (Å²) < 4.78 is 21.4. The second kappa shape index (κ2) is 7.92. The third kappa shape index (κ3) is 3.96. The molecule has 0 saturated carbocycles. The van der Waals surface area contributed by atoms with E-state index in [2.05, 4.69) is 30.4 Å². The van der Waals surface area contributed by atoms with Crippen LogP contribution in [0.5, 0.6) is 0 Å². The molecular formula is C23H29FN2O3. The Labute approximate surface area is 171 Å². The Hall–Kier alpha value is -2.18. The minimum atomic E-state index is -0.620. The number of aliphatic hydroxyl groups is 1. The van der Waals surface area contributed by atoms with E-state index >= 15 is 0 Å². The number of benzene rings is 1. The number of cyclic esters (lactones) is 1. The molecule has 2 aliphatic rings. The molecule has 0 aliphatic carbocycles. The topological polar surface area (TPSA) is 54.7 Å². The van der Waals surface area contributed by atoms with Gasteiger partial charge in [-0.1, -0.05) is 13.8 Å². The van der Waals surface area contributed by atoms with Gasteiger partial charge in [-0.2, -0.15) is 0 Å². The maximum atomic E-state index is 13.5. The van der Waals surface area contributed by atoms with Gasteiger partial charge in [0.05, 0.1) is 18.2 Å². The molecule has 4 rings (SSSR count). The highest BCUT2D eigenvalue weighted by atomic mass is 19.1. The summed E-state index contributed by atoms with van der Waals surface area (Å²) >= 11 is 0. The summed E-state index contributed by atoms with van der Waals surface area (Å²) in [5, 5.41) is 9.92. The first-order valence-electron chi connectivity index (χ1n) is 10.4. The van der Waals surface area contributed by atoms with E-state index < -0.39 is 6.10 Å². The summed E-state index contributed by atoms with van der Waals surface area (Å²) in [7, 11) is 2.12. The Morgan fingerprint density at radius 2 is 1.90 bits per heavy atom. The van der Waals surface area contributed by atoms with E-state index in [4.69, 9.17) is 4.74 Å². The Kier molecular flexibility index (Phi) is 5.49. The van der Waals surface area contributed by atoms with Gasteiger partial charge in [0.15, 0.2) is 0 Å². The number of hydrogen-bond donors (Lipinski definition) is 1. The lowest BCUT2D eigenvalue weighted by Gasteiger charge is -2.27. The van der Waals surface area contributed by atoms with E-state index in [1.165, 1.54) is 29.0 Å². The van der Waals surface area contributed by atoms with Gasteiger partial charge in [-0.3, -0.25) is 9.69 Å². The van der Waals surface area contributed by atoms with E-state index in [1.54, 1.807) is 0 Å². The van der Waals surface area contributed by atoms with E-state index in [9.17, 15) is 14.3 Å². The fourth-order valence-corrected chi connectivity index (χ4v) is 4.83. The van der Waals surface area contributed by atoms with Crippen molar-refractivity contribution in [3.8, 4) is 11.3 Å². The van der Waals surface area contributed by atoms with Gasteiger partial charge in [-0.15, -0.1) is 0 Å². The number of carbonyl (C=O) groups excluding carboxylic acids is 1. The number of halogens is 1. The summed E-state index contributed by atoms with van der Waals surface area (Å²) in [5.74, 6) is -0.232. The van der Waals surface area contributed by atoms with Crippen LogP contribution >= 0.6 is 0 Å². The maximum Gasteiger partial charge on any atom is 0.308 e. The fourth-order valence-electron chi connectivity index (χ4n) is 4.83. The second-order valence-electron chi connectivity index (χ2n) is 8.67. The highest BCUT2D eigenvalue weighted by molar-refractivity contribution is 5.71. The van der Waals surface area contributed by atoms with E-state index in [1.807, 2.05) is 12.1 Å². The van der Waals surface area contributed by atoms with Crippen LogP contribution in [0.15, 0.2) is 24.3 Å².